The van der Waals surface area contributed by atoms with Crippen LogP contribution in [-0.4, -0.2) is 13.7 Å². The van der Waals surface area contributed by atoms with Crippen LogP contribution < -0.4 is 10.1 Å². The third kappa shape index (κ3) is 2.66. The number of benzene rings is 1. The molecule has 1 N–H and O–H groups in total. The Bertz CT molecular complexity index is 528. The van der Waals surface area contributed by atoms with Crippen LogP contribution in [0, 0.1) is 16.7 Å². The zero-order valence-corrected chi connectivity index (χ0v) is 12.1. The first-order chi connectivity index (χ1) is 9.76. The Morgan fingerprint density at radius 2 is 2.30 bits per heavy atom. The minimum atomic E-state index is 0.151. The summed E-state index contributed by atoms with van der Waals surface area (Å²) in [7, 11) is 2.03. The number of aryl methyl sites for hydroxylation is 1. The van der Waals surface area contributed by atoms with Crippen LogP contribution in [0.15, 0.2) is 18.2 Å². The van der Waals surface area contributed by atoms with Crippen LogP contribution in [0.4, 0.5) is 0 Å². The molecule has 1 fully saturated rings. The molecule has 0 amide bonds. The fourth-order valence-corrected chi connectivity index (χ4v) is 3.13. The fraction of sp³-hybridized carbons (Fsp3) is 0.588. The summed E-state index contributed by atoms with van der Waals surface area (Å²) >= 11 is 0. The normalized spacial score (nSPS) is 22.7. The predicted octanol–water partition coefficient (Wildman–Crippen LogP) is 3.36. The second-order valence-electron chi connectivity index (χ2n) is 6.22. The summed E-state index contributed by atoms with van der Waals surface area (Å²) < 4.78 is 5.95. The van der Waals surface area contributed by atoms with E-state index < -0.39 is 0 Å². The van der Waals surface area contributed by atoms with Crippen molar-refractivity contribution in [2.45, 2.75) is 44.6 Å². The largest absolute Gasteiger partial charge is 0.493 e. The van der Waals surface area contributed by atoms with E-state index in [9.17, 15) is 0 Å². The van der Waals surface area contributed by atoms with Crippen molar-refractivity contribution in [3.8, 4) is 11.8 Å². The van der Waals surface area contributed by atoms with Gasteiger partial charge in [-0.3, -0.25) is 0 Å². The van der Waals surface area contributed by atoms with Gasteiger partial charge in [0.15, 0.2) is 0 Å². The zero-order valence-electron chi connectivity index (χ0n) is 12.1. The van der Waals surface area contributed by atoms with Crippen LogP contribution in [0.5, 0.6) is 5.75 Å². The van der Waals surface area contributed by atoms with Gasteiger partial charge in [0.2, 0.25) is 0 Å². The Labute approximate surface area is 120 Å². The van der Waals surface area contributed by atoms with Crippen molar-refractivity contribution < 1.29 is 4.74 Å². The van der Waals surface area contributed by atoms with Crippen molar-refractivity contribution in [3.05, 3.63) is 29.3 Å². The molecule has 0 radical (unpaired) electrons. The summed E-state index contributed by atoms with van der Waals surface area (Å²) in [6.45, 7) is 0.689. The van der Waals surface area contributed by atoms with Gasteiger partial charge in [0.1, 0.15) is 5.75 Å². The molecule has 2 aliphatic rings. The van der Waals surface area contributed by atoms with Crippen LogP contribution in [0.2, 0.25) is 0 Å². The molecule has 1 aromatic carbocycles. The molecule has 3 nitrogen and oxygen atoms in total. The minimum Gasteiger partial charge on any atom is -0.493 e. The Morgan fingerprint density at radius 1 is 1.45 bits per heavy atom. The number of nitriles is 1. The number of hydrogen-bond donors (Lipinski definition) is 1. The van der Waals surface area contributed by atoms with E-state index in [4.69, 9.17) is 10.00 Å². The molecular weight excluding hydrogens is 248 g/mol. The molecule has 1 saturated carbocycles. The van der Waals surface area contributed by atoms with Gasteiger partial charge in [-0.25, -0.2) is 0 Å². The van der Waals surface area contributed by atoms with E-state index in [0.29, 0.717) is 19.1 Å². The first kappa shape index (κ1) is 13.5. The molecule has 0 heterocycles. The molecule has 1 unspecified atom stereocenters. The first-order valence-corrected chi connectivity index (χ1v) is 7.56. The highest BCUT2D eigenvalue weighted by Crippen LogP contribution is 2.48. The number of nitrogens with one attached hydrogen (secondary N) is 1. The van der Waals surface area contributed by atoms with Gasteiger partial charge < -0.3 is 10.1 Å². The third-order valence-corrected chi connectivity index (χ3v) is 4.73. The average molecular weight is 270 g/mol. The van der Waals surface area contributed by atoms with Crippen molar-refractivity contribution in [2.24, 2.45) is 5.41 Å². The quantitative estimate of drug-likeness (QED) is 0.892. The molecule has 3 heteroatoms. The number of ether oxygens (including phenoxy) is 1. The van der Waals surface area contributed by atoms with E-state index in [1.165, 1.54) is 24.0 Å². The van der Waals surface area contributed by atoms with E-state index in [1.54, 1.807) is 0 Å². The number of hydrogen-bond acceptors (Lipinski definition) is 3. The molecule has 0 bridgehead atoms. The summed E-state index contributed by atoms with van der Waals surface area (Å²) in [4.78, 5) is 0. The van der Waals surface area contributed by atoms with E-state index >= 15 is 0 Å². The summed E-state index contributed by atoms with van der Waals surface area (Å²) in [6.07, 6.45) is 6.49. The fourth-order valence-electron chi connectivity index (χ4n) is 3.13. The lowest BCUT2D eigenvalue weighted by Crippen LogP contribution is -2.21. The van der Waals surface area contributed by atoms with Crippen molar-refractivity contribution in [3.63, 3.8) is 0 Å². The van der Waals surface area contributed by atoms with Gasteiger partial charge in [0, 0.05) is 17.9 Å². The van der Waals surface area contributed by atoms with Gasteiger partial charge in [-0.15, -0.1) is 0 Å². The number of fused-ring (bicyclic) bond motifs is 1. The molecule has 0 aromatic heterocycles. The van der Waals surface area contributed by atoms with E-state index in [2.05, 4.69) is 29.6 Å². The van der Waals surface area contributed by atoms with Crippen LogP contribution in [-0.2, 0) is 6.42 Å². The molecule has 0 saturated heterocycles. The summed E-state index contributed by atoms with van der Waals surface area (Å²) in [5.74, 6) is 0.963. The van der Waals surface area contributed by atoms with Gasteiger partial charge in [-0.05, 0) is 62.4 Å². The smallest absolute Gasteiger partial charge is 0.119 e. The van der Waals surface area contributed by atoms with Gasteiger partial charge in [0.25, 0.3) is 0 Å². The van der Waals surface area contributed by atoms with Crippen molar-refractivity contribution in [1.29, 1.82) is 5.26 Å². The molecule has 3 rings (SSSR count). The van der Waals surface area contributed by atoms with Gasteiger partial charge in [0.05, 0.1) is 12.7 Å². The van der Waals surface area contributed by atoms with Crippen molar-refractivity contribution in [2.75, 3.05) is 13.7 Å². The van der Waals surface area contributed by atoms with Crippen LogP contribution in [0.25, 0.3) is 0 Å². The SMILES string of the molecule is CNC1CCCc2cc(OCC3(CC#N)CC3)ccc21. The minimum absolute atomic E-state index is 0.151. The lowest BCUT2D eigenvalue weighted by molar-refractivity contribution is 0.236. The molecule has 1 aromatic rings. The number of nitrogens with zero attached hydrogens (tertiary/aromatic N) is 1. The predicted molar refractivity (Wildman–Crippen MR) is 78.6 cm³/mol. The highest BCUT2D eigenvalue weighted by molar-refractivity contribution is 5.39. The second kappa shape index (κ2) is 5.46. The van der Waals surface area contributed by atoms with Crippen LogP contribution >= 0.6 is 0 Å². The van der Waals surface area contributed by atoms with Gasteiger partial charge >= 0.3 is 0 Å². The molecule has 2 aliphatic carbocycles. The van der Waals surface area contributed by atoms with Gasteiger partial charge in [-0.1, -0.05) is 6.07 Å². The lowest BCUT2D eigenvalue weighted by Gasteiger charge is -2.25. The van der Waals surface area contributed by atoms with E-state index in [-0.39, 0.29) is 5.41 Å². The Hall–Kier alpha value is -1.53. The zero-order chi connectivity index (χ0) is 14.0. The second-order valence-corrected chi connectivity index (χ2v) is 6.22. The molecule has 1 atom stereocenters. The van der Waals surface area contributed by atoms with E-state index in [0.717, 1.165) is 25.0 Å². The highest BCUT2D eigenvalue weighted by Gasteiger charge is 2.43. The van der Waals surface area contributed by atoms with Crippen molar-refractivity contribution >= 4 is 0 Å². The molecule has 0 spiro atoms. The Kier molecular flexibility index (Phi) is 3.67. The van der Waals surface area contributed by atoms with Gasteiger partial charge in [-0.2, -0.15) is 5.26 Å². The molecule has 20 heavy (non-hydrogen) atoms. The molecule has 106 valence electrons. The highest BCUT2D eigenvalue weighted by atomic mass is 16.5. The first-order valence-electron chi connectivity index (χ1n) is 7.56. The maximum Gasteiger partial charge on any atom is 0.119 e. The van der Waals surface area contributed by atoms with Crippen LogP contribution in [0.3, 0.4) is 0 Å². The number of rotatable bonds is 5. The standard InChI is InChI=1S/C17H22N2O/c1-19-16-4-2-3-13-11-14(5-6-15(13)16)20-12-17(7-8-17)9-10-18/h5-6,11,16,19H,2-4,7-9,12H2,1H3. The summed E-state index contributed by atoms with van der Waals surface area (Å²) in [6, 6.07) is 9.25. The maximum atomic E-state index is 8.84. The Morgan fingerprint density at radius 3 is 3.00 bits per heavy atom. The molecule has 0 aliphatic heterocycles. The van der Waals surface area contributed by atoms with Crippen LogP contribution in [0.1, 0.15) is 49.3 Å². The topological polar surface area (TPSA) is 45.0 Å². The summed E-state index contributed by atoms with van der Waals surface area (Å²) in [5, 5.41) is 12.2. The maximum absolute atomic E-state index is 8.84. The Balaban J connectivity index is 1.68. The lowest BCUT2D eigenvalue weighted by atomic mass is 9.87. The molecular formula is C17H22N2O. The average Bonchev–Trinajstić information content (AvgIpc) is 3.25. The third-order valence-electron chi connectivity index (χ3n) is 4.73. The summed E-state index contributed by atoms with van der Waals surface area (Å²) in [5.41, 5.74) is 2.99. The van der Waals surface area contributed by atoms with Crippen molar-refractivity contribution in [1.82, 2.24) is 5.32 Å². The monoisotopic (exact) mass is 270 g/mol. The van der Waals surface area contributed by atoms with E-state index in [1.807, 2.05) is 7.05 Å².